The molecule has 2 heteroatoms. The minimum absolute atomic E-state index is 0.673. The Hall–Kier alpha value is -2.74. The van der Waals surface area contributed by atoms with E-state index in [0.29, 0.717) is 6.61 Å². The quantitative estimate of drug-likeness (QED) is 0.561. The molecule has 0 aliphatic heterocycles. The van der Waals surface area contributed by atoms with Crippen molar-refractivity contribution in [2.45, 2.75) is 13.8 Å². The van der Waals surface area contributed by atoms with E-state index in [9.17, 15) is 0 Å². The molecule has 0 spiro atoms. The number of nitrogens with zero attached hydrogens (tertiary/aromatic N) is 1. The molecule has 3 aromatic carbocycles. The lowest BCUT2D eigenvalue weighted by molar-refractivity contribution is 0.324. The van der Waals surface area contributed by atoms with Crippen molar-refractivity contribution in [1.29, 1.82) is 0 Å². The van der Waals surface area contributed by atoms with Crippen LogP contribution >= 0.6 is 0 Å². The normalized spacial score (nSPS) is 10.5. The van der Waals surface area contributed by atoms with Crippen molar-refractivity contribution in [1.82, 2.24) is 0 Å². The van der Waals surface area contributed by atoms with E-state index in [0.717, 1.165) is 18.8 Å². The van der Waals surface area contributed by atoms with Gasteiger partial charge in [0.25, 0.3) is 0 Å². The topological polar surface area (TPSA) is 12.5 Å². The van der Waals surface area contributed by atoms with Gasteiger partial charge in [-0.15, -0.1) is 0 Å². The summed E-state index contributed by atoms with van der Waals surface area (Å²) < 4.78 is 5.94. The Morgan fingerprint density at radius 1 is 0.800 bits per heavy atom. The van der Waals surface area contributed by atoms with E-state index >= 15 is 0 Å². The van der Waals surface area contributed by atoms with Gasteiger partial charge >= 0.3 is 0 Å². The van der Waals surface area contributed by atoms with Crippen molar-refractivity contribution in [2.24, 2.45) is 0 Å². The van der Waals surface area contributed by atoms with E-state index < -0.39 is 0 Å². The minimum atomic E-state index is 0.673. The van der Waals surface area contributed by atoms with E-state index in [-0.39, 0.29) is 0 Å². The third-order valence-corrected chi connectivity index (χ3v) is 4.34. The van der Waals surface area contributed by atoms with Crippen LogP contribution in [-0.2, 0) is 0 Å². The first kappa shape index (κ1) is 17.1. The number of hydrogen-bond acceptors (Lipinski definition) is 2. The van der Waals surface area contributed by atoms with Crippen LogP contribution in [0.15, 0.2) is 78.9 Å². The SMILES string of the molecule is CCN(CCOc1ccc(-c2ccccc2)cc1)c1cccc(C)c1. The van der Waals surface area contributed by atoms with Gasteiger partial charge in [-0.1, -0.05) is 54.6 Å². The van der Waals surface area contributed by atoms with Crippen LogP contribution in [0.3, 0.4) is 0 Å². The lowest BCUT2D eigenvalue weighted by Gasteiger charge is -2.23. The van der Waals surface area contributed by atoms with Crippen molar-refractivity contribution in [3.8, 4) is 16.9 Å². The van der Waals surface area contributed by atoms with Crippen LogP contribution in [0.2, 0.25) is 0 Å². The molecule has 25 heavy (non-hydrogen) atoms. The molecule has 0 saturated carbocycles. The zero-order valence-corrected chi connectivity index (χ0v) is 15.0. The van der Waals surface area contributed by atoms with E-state index in [1.165, 1.54) is 22.4 Å². The highest BCUT2D eigenvalue weighted by atomic mass is 16.5. The number of aryl methyl sites for hydroxylation is 1. The fourth-order valence-corrected chi connectivity index (χ4v) is 2.94. The van der Waals surface area contributed by atoms with Gasteiger partial charge in [-0.25, -0.2) is 0 Å². The molecule has 2 nitrogen and oxygen atoms in total. The fraction of sp³-hybridized carbons (Fsp3) is 0.217. The second-order valence-corrected chi connectivity index (χ2v) is 6.16. The Morgan fingerprint density at radius 2 is 1.52 bits per heavy atom. The Labute approximate surface area is 150 Å². The minimum Gasteiger partial charge on any atom is -0.492 e. The summed E-state index contributed by atoms with van der Waals surface area (Å²) in [4.78, 5) is 2.34. The van der Waals surface area contributed by atoms with Crippen molar-refractivity contribution >= 4 is 5.69 Å². The molecule has 3 rings (SSSR count). The van der Waals surface area contributed by atoms with Crippen LogP contribution in [0.25, 0.3) is 11.1 Å². The summed E-state index contributed by atoms with van der Waals surface area (Å²) in [6.45, 7) is 6.83. The smallest absolute Gasteiger partial charge is 0.119 e. The van der Waals surface area contributed by atoms with Crippen molar-refractivity contribution < 1.29 is 4.74 Å². The van der Waals surface area contributed by atoms with Crippen LogP contribution in [0, 0.1) is 6.92 Å². The van der Waals surface area contributed by atoms with Crippen LogP contribution < -0.4 is 9.64 Å². The summed E-state index contributed by atoms with van der Waals surface area (Å²) in [5, 5.41) is 0. The zero-order chi connectivity index (χ0) is 17.5. The molecule has 0 fully saturated rings. The summed E-state index contributed by atoms with van der Waals surface area (Å²) in [6.07, 6.45) is 0. The molecule has 3 aromatic rings. The Kier molecular flexibility index (Phi) is 5.73. The summed E-state index contributed by atoms with van der Waals surface area (Å²) in [7, 11) is 0. The van der Waals surface area contributed by atoms with E-state index in [2.05, 4.69) is 79.4 Å². The molecule has 0 aliphatic rings. The van der Waals surface area contributed by atoms with Crippen LogP contribution in [0.5, 0.6) is 5.75 Å². The third kappa shape index (κ3) is 4.63. The van der Waals surface area contributed by atoms with Gasteiger partial charge in [-0.3, -0.25) is 0 Å². The van der Waals surface area contributed by atoms with Crippen LogP contribution in [0.4, 0.5) is 5.69 Å². The van der Waals surface area contributed by atoms with Gasteiger partial charge in [0.2, 0.25) is 0 Å². The first-order chi connectivity index (χ1) is 12.3. The predicted octanol–water partition coefficient (Wildman–Crippen LogP) is 5.57. The van der Waals surface area contributed by atoms with Gasteiger partial charge < -0.3 is 9.64 Å². The molecule has 0 amide bonds. The number of rotatable bonds is 7. The summed E-state index contributed by atoms with van der Waals surface area (Å²) >= 11 is 0. The first-order valence-corrected chi connectivity index (χ1v) is 8.86. The van der Waals surface area contributed by atoms with Gasteiger partial charge in [0.1, 0.15) is 12.4 Å². The molecule has 0 bridgehead atoms. The first-order valence-electron chi connectivity index (χ1n) is 8.86. The molecule has 0 heterocycles. The molecule has 128 valence electrons. The maximum Gasteiger partial charge on any atom is 0.119 e. The molecule has 0 aliphatic carbocycles. The Balaban J connectivity index is 1.56. The number of ether oxygens (including phenoxy) is 1. The van der Waals surface area contributed by atoms with E-state index in [1.54, 1.807) is 0 Å². The second kappa shape index (κ2) is 8.39. The van der Waals surface area contributed by atoms with Crippen molar-refractivity contribution in [3.63, 3.8) is 0 Å². The molecular weight excluding hydrogens is 306 g/mol. The van der Waals surface area contributed by atoms with Crippen LogP contribution in [-0.4, -0.2) is 19.7 Å². The molecule has 0 N–H and O–H groups in total. The Morgan fingerprint density at radius 3 is 2.20 bits per heavy atom. The predicted molar refractivity (Wildman–Crippen MR) is 106 cm³/mol. The number of anilines is 1. The van der Waals surface area contributed by atoms with Gasteiger partial charge in [0.15, 0.2) is 0 Å². The monoisotopic (exact) mass is 331 g/mol. The van der Waals surface area contributed by atoms with Gasteiger partial charge in [0, 0.05) is 12.2 Å². The van der Waals surface area contributed by atoms with Gasteiger partial charge in [-0.2, -0.15) is 0 Å². The average molecular weight is 331 g/mol. The summed E-state index contributed by atoms with van der Waals surface area (Å²) in [5.74, 6) is 0.917. The Bertz CT molecular complexity index is 781. The van der Waals surface area contributed by atoms with Gasteiger partial charge in [0.05, 0.1) is 6.54 Å². The lowest BCUT2D eigenvalue weighted by Crippen LogP contribution is -2.28. The highest BCUT2D eigenvalue weighted by Gasteiger charge is 2.05. The largest absolute Gasteiger partial charge is 0.492 e. The second-order valence-electron chi connectivity index (χ2n) is 6.16. The van der Waals surface area contributed by atoms with E-state index in [4.69, 9.17) is 4.74 Å². The third-order valence-electron chi connectivity index (χ3n) is 4.34. The highest BCUT2D eigenvalue weighted by Crippen LogP contribution is 2.22. The number of benzene rings is 3. The average Bonchev–Trinajstić information content (AvgIpc) is 2.66. The zero-order valence-electron chi connectivity index (χ0n) is 15.0. The lowest BCUT2D eigenvalue weighted by atomic mass is 10.1. The van der Waals surface area contributed by atoms with E-state index in [1.807, 2.05) is 18.2 Å². The standard InChI is InChI=1S/C23H25NO/c1-3-24(22-11-7-8-19(2)18-22)16-17-25-23-14-12-21(13-15-23)20-9-5-4-6-10-20/h4-15,18H,3,16-17H2,1-2H3. The maximum atomic E-state index is 5.94. The number of likely N-dealkylation sites (N-methyl/N-ethyl adjacent to an activating group) is 1. The summed E-state index contributed by atoms with van der Waals surface area (Å²) in [6, 6.07) is 27.3. The molecular formula is C23H25NO. The molecule has 0 atom stereocenters. The molecule has 0 saturated heterocycles. The molecule has 0 radical (unpaired) electrons. The number of hydrogen-bond donors (Lipinski definition) is 0. The van der Waals surface area contributed by atoms with Crippen molar-refractivity contribution in [2.75, 3.05) is 24.6 Å². The highest BCUT2D eigenvalue weighted by molar-refractivity contribution is 5.63. The molecule has 0 aromatic heterocycles. The maximum absolute atomic E-state index is 5.94. The fourth-order valence-electron chi connectivity index (χ4n) is 2.94. The summed E-state index contributed by atoms with van der Waals surface area (Å²) in [5.41, 5.74) is 4.98. The van der Waals surface area contributed by atoms with Gasteiger partial charge in [-0.05, 0) is 54.8 Å². The molecule has 0 unspecified atom stereocenters. The van der Waals surface area contributed by atoms with Crippen molar-refractivity contribution in [3.05, 3.63) is 84.4 Å². The van der Waals surface area contributed by atoms with Crippen LogP contribution in [0.1, 0.15) is 12.5 Å².